The van der Waals surface area contributed by atoms with E-state index in [1.807, 2.05) is 12.2 Å². The Morgan fingerprint density at radius 3 is 3.24 bits per heavy atom. The number of hydrogen-bond donors (Lipinski definition) is 2. The summed E-state index contributed by atoms with van der Waals surface area (Å²) in [5.41, 5.74) is 5.51. The summed E-state index contributed by atoms with van der Waals surface area (Å²) >= 11 is 0. The van der Waals surface area contributed by atoms with Gasteiger partial charge in [0.1, 0.15) is 0 Å². The van der Waals surface area contributed by atoms with Crippen molar-refractivity contribution in [3.63, 3.8) is 0 Å². The van der Waals surface area contributed by atoms with Crippen molar-refractivity contribution in [2.24, 2.45) is 10.2 Å². The average molecular weight is 236 g/mol. The third kappa shape index (κ3) is 1.98. The quantitative estimate of drug-likeness (QED) is 0.649. The molecule has 1 unspecified atom stereocenters. The van der Waals surface area contributed by atoms with Gasteiger partial charge in [-0.1, -0.05) is 6.92 Å². The minimum atomic E-state index is 0.305. The van der Waals surface area contributed by atoms with E-state index < -0.39 is 0 Å². The summed E-state index contributed by atoms with van der Waals surface area (Å²) in [6.07, 6.45) is 5.26. The van der Waals surface area contributed by atoms with Crippen molar-refractivity contribution in [3.8, 4) is 0 Å². The average Bonchev–Trinajstić information content (AvgIpc) is 2.86. The first-order valence-electron chi connectivity index (χ1n) is 5.88. The highest BCUT2D eigenvalue weighted by atomic mass is 16.5. The van der Waals surface area contributed by atoms with Gasteiger partial charge in [-0.15, -0.1) is 15.7 Å². The van der Waals surface area contributed by atoms with Crippen LogP contribution in [0.4, 0.5) is 0 Å². The summed E-state index contributed by atoms with van der Waals surface area (Å²) in [6.45, 7) is 4.68. The van der Waals surface area contributed by atoms with E-state index in [9.17, 15) is 0 Å². The summed E-state index contributed by atoms with van der Waals surface area (Å²) in [4.78, 5) is 2.24. The van der Waals surface area contributed by atoms with Gasteiger partial charge in [-0.25, -0.2) is 5.53 Å². The number of nitrogens with zero attached hydrogens (tertiary/aromatic N) is 4. The van der Waals surface area contributed by atoms with Crippen molar-refractivity contribution in [2.45, 2.75) is 19.4 Å². The SMILES string of the molecule is CCC1CN(C2=NN3NNN=C3C=C2)CCO1. The first-order chi connectivity index (χ1) is 8.36. The van der Waals surface area contributed by atoms with Gasteiger partial charge in [0.15, 0.2) is 11.7 Å². The highest BCUT2D eigenvalue weighted by molar-refractivity contribution is 6.05. The molecule has 7 nitrogen and oxygen atoms in total. The number of fused-ring (bicyclic) bond motifs is 1. The molecule has 92 valence electrons. The highest BCUT2D eigenvalue weighted by Crippen LogP contribution is 2.12. The van der Waals surface area contributed by atoms with Crippen LogP contribution in [0.1, 0.15) is 13.3 Å². The predicted octanol–water partition coefficient (Wildman–Crippen LogP) is -0.381. The monoisotopic (exact) mass is 236 g/mol. The van der Waals surface area contributed by atoms with E-state index in [2.05, 4.69) is 33.1 Å². The lowest BCUT2D eigenvalue weighted by Crippen LogP contribution is -2.47. The van der Waals surface area contributed by atoms with Gasteiger partial charge in [-0.3, -0.25) is 0 Å². The van der Waals surface area contributed by atoms with E-state index in [0.717, 1.165) is 37.8 Å². The Morgan fingerprint density at radius 1 is 1.47 bits per heavy atom. The van der Waals surface area contributed by atoms with Crippen molar-refractivity contribution in [1.82, 2.24) is 21.1 Å². The van der Waals surface area contributed by atoms with Crippen LogP contribution in [0.15, 0.2) is 22.4 Å². The zero-order valence-corrected chi connectivity index (χ0v) is 9.76. The Balaban J connectivity index is 1.72. The molecule has 3 heterocycles. The summed E-state index contributed by atoms with van der Waals surface area (Å²) in [5.74, 6) is 1.72. The number of hydrazone groups is 2. The van der Waals surface area contributed by atoms with Crippen molar-refractivity contribution in [2.75, 3.05) is 19.7 Å². The fourth-order valence-electron chi connectivity index (χ4n) is 2.05. The molecule has 0 spiro atoms. The number of hydrogen-bond acceptors (Lipinski definition) is 7. The van der Waals surface area contributed by atoms with Gasteiger partial charge >= 0.3 is 0 Å². The van der Waals surface area contributed by atoms with Crippen LogP contribution >= 0.6 is 0 Å². The lowest BCUT2D eigenvalue weighted by atomic mass is 10.2. The molecule has 1 atom stereocenters. The van der Waals surface area contributed by atoms with Crippen molar-refractivity contribution in [3.05, 3.63) is 12.2 Å². The van der Waals surface area contributed by atoms with Crippen molar-refractivity contribution < 1.29 is 4.74 Å². The number of rotatable bonds is 1. The summed E-state index contributed by atoms with van der Waals surface area (Å²) in [7, 11) is 0. The standard InChI is InChI=1S/C10H16N6O/c1-2-8-7-15(5-6-17-8)10-4-3-9-11-13-14-16(9)12-10/h3-4,8,13-14H,2,5-7H2,1H3. The maximum atomic E-state index is 5.65. The topological polar surface area (TPSA) is 64.5 Å². The van der Waals surface area contributed by atoms with E-state index in [1.54, 1.807) is 5.12 Å². The Labute approximate surface area is 99.7 Å². The summed E-state index contributed by atoms with van der Waals surface area (Å²) in [6, 6.07) is 0. The zero-order valence-electron chi connectivity index (χ0n) is 9.76. The maximum absolute atomic E-state index is 5.65. The van der Waals surface area contributed by atoms with Gasteiger partial charge in [0.25, 0.3) is 0 Å². The molecular formula is C10H16N6O. The Hall–Kier alpha value is -1.60. The molecule has 0 aromatic rings. The second-order valence-corrected chi connectivity index (χ2v) is 4.14. The normalized spacial score (nSPS) is 27.5. The number of ether oxygens (including phenoxy) is 1. The maximum Gasteiger partial charge on any atom is 0.189 e. The zero-order chi connectivity index (χ0) is 11.7. The number of nitrogens with one attached hydrogen (secondary N) is 2. The molecule has 0 aliphatic carbocycles. The van der Waals surface area contributed by atoms with Gasteiger partial charge in [-0.2, -0.15) is 5.12 Å². The molecule has 0 radical (unpaired) electrons. The molecule has 1 fully saturated rings. The van der Waals surface area contributed by atoms with E-state index in [4.69, 9.17) is 4.74 Å². The van der Waals surface area contributed by atoms with Crippen molar-refractivity contribution >= 4 is 11.7 Å². The van der Waals surface area contributed by atoms with Crippen LogP contribution in [0.25, 0.3) is 0 Å². The molecule has 0 bridgehead atoms. The lowest BCUT2D eigenvalue weighted by molar-refractivity contribution is -0.00722. The molecule has 2 N–H and O–H groups in total. The molecule has 17 heavy (non-hydrogen) atoms. The van der Waals surface area contributed by atoms with Crippen LogP contribution in [0.2, 0.25) is 0 Å². The Bertz CT molecular complexity index is 390. The van der Waals surface area contributed by atoms with Crippen LogP contribution in [-0.2, 0) is 4.74 Å². The Morgan fingerprint density at radius 2 is 2.35 bits per heavy atom. The number of morpholine rings is 1. The molecule has 0 saturated carbocycles. The van der Waals surface area contributed by atoms with E-state index >= 15 is 0 Å². The highest BCUT2D eigenvalue weighted by Gasteiger charge is 2.25. The van der Waals surface area contributed by atoms with Gasteiger partial charge in [0.05, 0.1) is 12.7 Å². The largest absolute Gasteiger partial charge is 0.375 e. The first-order valence-corrected chi connectivity index (χ1v) is 5.88. The molecule has 0 aromatic heterocycles. The molecule has 1 saturated heterocycles. The summed E-state index contributed by atoms with van der Waals surface area (Å²) in [5, 5.41) is 10.1. The van der Waals surface area contributed by atoms with Gasteiger partial charge in [0.2, 0.25) is 0 Å². The molecule has 3 aliphatic rings. The molecular weight excluding hydrogens is 220 g/mol. The Kier molecular flexibility index (Phi) is 2.69. The van der Waals surface area contributed by atoms with Crippen molar-refractivity contribution in [1.29, 1.82) is 0 Å². The fraction of sp³-hybridized carbons (Fsp3) is 0.600. The molecule has 7 heteroatoms. The van der Waals surface area contributed by atoms with Crippen LogP contribution in [0.3, 0.4) is 0 Å². The second-order valence-electron chi connectivity index (χ2n) is 4.14. The van der Waals surface area contributed by atoms with E-state index in [0.29, 0.717) is 6.10 Å². The predicted molar refractivity (Wildman–Crippen MR) is 63.7 cm³/mol. The smallest absolute Gasteiger partial charge is 0.189 e. The van der Waals surface area contributed by atoms with Crippen LogP contribution < -0.4 is 11.1 Å². The van der Waals surface area contributed by atoms with Gasteiger partial charge in [0, 0.05) is 13.1 Å². The minimum Gasteiger partial charge on any atom is -0.375 e. The third-order valence-corrected chi connectivity index (χ3v) is 3.05. The fourth-order valence-corrected chi connectivity index (χ4v) is 2.05. The third-order valence-electron chi connectivity index (χ3n) is 3.05. The first kappa shape index (κ1) is 10.5. The molecule has 0 aromatic carbocycles. The van der Waals surface area contributed by atoms with E-state index in [1.165, 1.54) is 0 Å². The molecule has 3 aliphatic heterocycles. The molecule has 0 amide bonds. The van der Waals surface area contributed by atoms with E-state index in [-0.39, 0.29) is 0 Å². The van der Waals surface area contributed by atoms with Gasteiger partial charge < -0.3 is 9.64 Å². The molecule has 3 rings (SSSR count). The number of amidine groups is 2. The number of hydrazine groups is 2. The van der Waals surface area contributed by atoms with Gasteiger partial charge in [-0.05, 0) is 18.6 Å². The summed E-state index contributed by atoms with van der Waals surface area (Å²) < 4.78 is 5.65. The van der Waals surface area contributed by atoms with Crippen LogP contribution in [0, 0.1) is 0 Å². The minimum absolute atomic E-state index is 0.305. The lowest BCUT2D eigenvalue weighted by Gasteiger charge is -2.34. The second kappa shape index (κ2) is 4.34. The van der Waals surface area contributed by atoms with Crippen LogP contribution in [0.5, 0.6) is 0 Å². The van der Waals surface area contributed by atoms with Crippen LogP contribution in [-0.4, -0.2) is 47.5 Å².